The molecule has 0 aliphatic carbocycles. The molecule has 2 aromatic heterocycles. The van der Waals surface area contributed by atoms with Gasteiger partial charge in [-0.25, -0.2) is 0 Å². The van der Waals surface area contributed by atoms with Crippen molar-refractivity contribution in [3.63, 3.8) is 0 Å². The molecule has 4 nitrogen and oxygen atoms in total. The molecule has 0 bridgehead atoms. The van der Waals surface area contributed by atoms with Gasteiger partial charge < -0.3 is 5.32 Å². The van der Waals surface area contributed by atoms with E-state index in [1.54, 1.807) is 11.3 Å². The van der Waals surface area contributed by atoms with Crippen molar-refractivity contribution in [3.8, 4) is 0 Å². The summed E-state index contributed by atoms with van der Waals surface area (Å²) in [5, 5.41) is 12.7. The Bertz CT molecular complexity index is 474. The fourth-order valence-electron chi connectivity index (χ4n) is 1.20. The van der Waals surface area contributed by atoms with E-state index >= 15 is 0 Å². The van der Waals surface area contributed by atoms with Gasteiger partial charge in [-0.3, -0.25) is 0 Å². The highest BCUT2D eigenvalue weighted by molar-refractivity contribution is 7.10. The number of thiophene rings is 1. The number of nitrogens with zero attached hydrogens (tertiary/aromatic N) is 3. The fourth-order valence-corrected chi connectivity index (χ4v) is 2.19. The summed E-state index contributed by atoms with van der Waals surface area (Å²) in [6.45, 7) is 2.01. The first-order chi connectivity index (χ1) is 7.66. The molecule has 7 heteroatoms. The van der Waals surface area contributed by atoms with Crippen LogP contribution in [0.4, 0.5) is 5.82 Å². The molecule has 84 valence electrons. The summed E-state index contributed by atoms with van der Waals surface area (Å²) < 4.78 is 0. The molecule has 1 atom stereocenters. The van der Waals surface area contributed by atoms with Crippen molar-refractivity contribution >= 4 is 40.4 Å². The molecule has 1 N–H and O–H groups in total. The molecule has 1 unspecified atom stereocenters. The van der Waals surface area contributed by atoms with E-state index in [1.165, 1.54) is 4.88 Å². The van der Waals surface area contributed by atoms with E-state index < -0.39 is 0 Å². The van der Waals surface area contributed by atoms with Crippen LogP contribution in [0.2, 0.25) is 10.4 Å². The maximum Gasteiger partial charge on any atom is 0.245 e. The average Bonchev–Trinajstić information content (AvgIpc) is 2.76. The lowest BCUT2D eigenvalue weighted by Crippen LogP contribution is -2.08. The monoisotopic (exact) mass is 274 g/mol. The second-order valence-corrected chi connectivity index (χ2v) is 4.78. The predicted octanol–water partition coefficient (Wildman–Crippen LogP) is 3.41. The lowest BCUT2D eigenvalue weighted by Gasteiger charge is -2.12. The van der Waals surface area contributed by atoms with Crippen LogP contribution in [0.3, 0.4) is 0 Å². The van der Waals surface area contributed by atoms with Crippen LogP contribution in [0.25, 0.3) is 0 Å². The van der Waals surface area contributed by atoms with Gasteiger partial charge in [0.2, 0.25) is 5.28 Å². The molecule has 0 amide bonds. The van der Waals surface area contributed by atoms with E-state index in [4.69, 9.17) is 23.2 Å². The smallest absolute Gasteiger partial charge is 0.245 e. The molecule has 2 aromatic rings. The number of aromatic nitrogens is 3. The van der Waals surface area contributed by atoms with Gasteiger partial charge in [-0.05, 0) is 30.0 Å². The van der Waals surface area contributed by atoms with Crippen LogP contribution in [-0.4, -0.2) is 15.2 Å². The zero-order chi connectivity index (χ0) is 11.5. The minimum Gasteiger partial charge on any atom is -0.360 e. The van der Waals surface area contributed by atoms with Crippen molar-refractivity contribution in [2.75, 3.05) is 5.32 Å². The molecule has 0 aliphatic heterocycles. The maximum absolute atomic E-state index is 5.85. The van der Waals surface area contributed by atoms with Gasteiger partial charge in [-0.1, -0.05) is 17.7 Å². The highest BCUT2D eigenvalue weighted by atomic mass is 35.5. The normalized spacial score (nSPS) is 12.4. The number of hydrogen-bond acceptors (Lipinski definition) is 5. The van der Waals surface area contributed by atoms with E-state index in [9.17, 15) is 0 Å². The number of hydrogen-bond donors (Lipinski definition) is 1. The first kappa shape index (κ1) is 11.6. The molecule has 0 saturated carbocycles. The largest absolute Gasteiger partial charge is 0.360 e. The third-order valence-corrected chi connectivity index (χ3v) is 3.41. The lowest BCUT2D eigenvalue weighted by atomic mass is 10.3. The van der Waals surface area contributed by atoms with Gasteiger partial charge >= 0.3 is 0 Å². The molecular weight excluding hydrogens is 267 g/mol. The van der Waals surface area contributed by atoms with E-state index in [0.29, 0.717) is 5.82 Å². The van der Waals surface area contributed by atoms with E-state index in [0.717, 1.165) is 0 Å². The zero-order valence-electron chi connectivity index (χ0n) is 8.32. The molecule has 2 heterocycles. The van der Waals surface area contributed by atoms with Crippen molar-refractivity contribution in [2.45, 2.75) is 13.0 Å². The highest BCUT2D eigenvalue weighted by Crippen LogP contribution is 2.25. The third kappa shape index (κ3) is 2.61. The molecule has 0 saturated heterocycles. The van der Waals surface area contributed by atoms with E-state index in [2.05, 4.69) is 20.5 Å². The Hall–Kier alpha value is -0.910. The van der Waals surface area contributed by atoms with Gasteiger partial charge in [-0.2, -0.15) is 4.98 Å². The number of halogens is 2. The van der Waals surface area contributed by atoms with Crippen LogP contribution < -0.4 is 5.32 Å². The second-order valence-electron chi connectivity index (χ2n) is 3.10. The fraction of sp³-hybridized carbons (Fsp3) is 0.222. The Balaban J connectivity index is 2.17. The standard InChI is InChI=1S/C9H8Cl2N4S/c1-5(6-3-2-4-16-6)12-8-7(10)14-15-9(11)13-8/h2-5H,1H3,(H,12,13,15). The van der Waals surface area contributed by atoms with E-state index in [1.807, 2.05) is 24.4 Å². The Morgan fingerprint density at radius 2 is 2.19 bits per heavy atom. The SMILES string of the molecule is CC(Nc1nc(Cl)nnc1Cl)c1cccs1. The van der Waals surface area contributed by atoms with E-state index in [-0.39, 0.29) is 16.5 Å². The van der Waals surface area contributed by atoms with Crippen molar-refractivity contribution in [1.82, 2.24) is 15.2 Å². The number of anilines is 1. The Morgan fingerprint density at radius 3 is 2.88 bits per heavy atom. The Labute approximate surface area is 107 Å². The van der Waals surface area contributed by atoms with Crippen LogP contribution in [0.15, 0.2) is 17.5 Å². The van der Waals surface area contributed by atoms with Crippen molar-refractivity contribution in [2.24, 2.45) is 0 Å². The van der Waals surface area contributed by atoms with Gasteiger partial charge in [-0.15, -0.1) is 21.5 Å². The van der Waals surface area contributed by atoms with Crippen LogP contribution in [-0.2, 0) is 0 Å². The van der Waals surface area contributed by atoms with Crippen molar-refractivity contribution in [1.29, 1.82) is 0 Å². The quantitative estimate of drug-likeness (QED) is 0.932. The topological polar surface area (TPSA) is 50.7 Å². The Morgan fingerprint density at radius 1 is 1.38 bits per heavy atom. The summed E-state index contributed by atoms with van der Waals surface area (Å²) in [6, 6.07) is 4.13. The summed E-state index contributed by atoms with van der Waals surface area (Å²) in [7, 11) is 0. The van der Waals surface area contributed by atoms with Gasteiger partial charge in [0, 0.05) is 4.88 Å². The van der Waals surface area contributed by atoms with Crippen LogP contribution >= 0.6 is 34.5 Å². The first-order valence-electron chi connectivity index (χ1n) is 4.52. The third-order valence-electron chi connectivity index (χ3n) is 1.94. The molecule has 0 fully saturated rings. The van der Waals surface area contributed by atoms with Gasteiger partial charge in [0.15, 0.2) is 11.0 Å². The summed E-state index contributed by atoms with van der Waals surface area (Å²) in [6.07, 6.45) is 0. The number of rotatable bonds is 3. The van der Waals surface area contributed by atoms with Crippen LogP contribution in [0.5, 0.6) is 0 Å². The Kier molecular flexibility index (Phi) is 3.58. The van der Waals surface area contributed by atoms with Gasteiger partial charge in [0.05, 0.1) is 6.04 Å². The molecule has 0 aliphatic rings. The van der Waals surface area contributed by atoms with Gasteiger partial charge in [0.1, 0.15) is 0 Å². The molecule has 2 rings (SSSR count). The van der Waals surface area contributed by atoms with Crippen molar-refractivity contribution < 1.29 is 0 Å². The zero-order valence-corrected chi connectivity index (χ0v) is 10.6. The summed E-state index contributed by atoms with van der Waals surface area (Å²) in [5.41, 5.74) is 0. The summed E-state index contributed by atoms with van der Waals surface area (Å²) in [5.74, 6) is 0.447. The minimum absolute atomic E-state index is 0.0743. The predicted molar refractivity (Wildman–Crippen MR) is 66.2 cm³/mol. The molecular formula is C9H8Cl2N4S. The van der Waals surface area contributed by atoms with Crippen molar-refractivity contribution in [3.05, 3.63) is 32.8 Å². The molecule has 0 radical (unpaired) electrons. The van der Waals surface area contributed by atoms with Gasteiger partial charge in [0.25, 0.3) is 0 Å². The van der Waals surface area contributed by atoms with Crippen LogP contribution in [0, 0.1) is 0 Å². The first-order valence-corrected chi connectivity index (χ1v) is 6.16. The molecule has 16 heavy (non-hydrogen) atoms. The second kappa shape index (κ2) is 4.95. The summed E-state index contributed by atoms with van der Waals surface area (Å²) >= 11 is 13.2. The maximum atomic E-state index is 5.85. The average molecular weight is 275 g/mol. The minimum atomic E-state index is 0.0743. The molecule has 0 spiro atoms. The molecule has 0 aromatic carbocycles. The lowest BCUT2D eigenvalue weighted by molar-refractivity contribution is 0.876. The number of nitrogens with one attached hydrogen (secondary N) is 1. The summed E-state index contributed by atoms with van der Waals surface area (Å²) in [4.78, 5) is 5.16. The highest BCUT2D eigenvalue weighted by Gasteiger charge is 2.11. The van der Waals surface area contributed by atoms with Crippen LogP contribution in [0.1, 0.15) is 17.8 Å².